The average molecular weight is 357 g/mol. The van der Waals surface area contributed by atoms with Crippen LogP contribution < -0.4 is 0 Å². The van der Waals surface area contributed by atoms with E-state index in [1.165, 1.54) is 12.8 Å². The fraction of sp³-hybridized carbons (Fsp3) is 0.944. The molecular formula is C18H28O3S2. The van der Waals surface area contributed by atoms with E-state index in [0.29, 0.717) is 27.6 Å². The highest BCUT2D eigenvalue weighted by Gasteiger charge is 2.72. The summed E-state index contributed by atoms with van der Waals surface area (Å²) >= 11 is 6.87. The minimum Gasteiger partial charge on any atom is -0.475 e. The molecule has 5 heteroatoms. The number of thiocarbonyl (C=S) groups is 1. The SMILES string of the molecule is CSC(=S)O[C@@H]1C[C@H]2C(C)(C)[C@H]3C[C@@]2(CCC32OCCO2)[C@@H]1C. The highest BCUT2D eigenvalue weighted by atomic mass is 32.2. The molecule has 3 nitrogen and oxygen atoms in total. The van der Waals surface area contributed by atoms with E-state index in [0.717, 1.165) is 26.1 Å². The van der Waals surface area contributed by atoms with Crippen LogP contribution in [0.2, 0.25) is 0 Å². The normalized spacial score (nSPS) is 46.1. The van der Waals surface area contributed by atoms with E-state index >= 15 is 0 Å². The zero-order valence-corrected chi connectivity index (χ0v) is 16.2. The summed E-state index contributed by atoms with van der Waals surface area (Å²) in [5, 5.41) is 0. The molecule has 0 amide bonds. The van der Waals surface area contributed by atoms with Crippen molar-refractivity contribution in [2.24, 2.45) is 28.6 Å². The molecule has 4 fully saturated rings. The third-order valence-electron chi connectivity index (χ3n) is 7.67. The van der Waals surface area contributed by atoms with Crippen LogP contribution in [0.4, 0.5) is 0 Å². The Bertz CT molecular complexity index is 514. The van der Waals surface area contributed by atoms with E-state index in [-0.39, 0.29) is 17.3 Å². The molecule has 3 aliphatic carbocycles. The van der Waals surface area contributed by atoms with Crippen molar-refractivity contribution in [3.63, 3.8) is 0 Å². The van der Waals surface area contributed by atoms with E-state index in [1.54, 1.807) is 11.8 Å². The fourth-order valence-electron chi connectivity index (χ4n) is 6.56. The molecule has 1 saturated heterocycles. The Morgan fingerprint density at radius 3 is 2.52 bits per heavy atom. The van der Waals surface area contributed by atoms with Crippen LogP contribution in [0.3, 0.4) is 0 Å². The molecule has 5 atom stereocenters. The minimum absolute atomic E-state index is 0.230. The third-order valence-corrected chi connectivity index (χ3v) is 8.69. The van der Waals surface area contributed by atoms with Gasteiger partial charge in [-0.25, -0.2) is 0 Å². The lowest BCUT2D eigenvalue weighted by Gasteiger charge is -2.46. The predicted molar refractivity (Wildman–Crippen MR) is 96.4 cm³/mol. The maximum absolute atomic E-state index is 6.18. The van der Waals surface area contributed by atoms with Crippen molar-refractivity contribution in [3.05, 3.63) is 0 Å². The van der Waals surface area contributed by atoms with Crippen LogP contribution in [-0.2, 0) is 14.2 Å². The number of fused-ring (bicyclic) bond motifs is 2. The number of rotatable bonds is 1. The summed E-state index contributed by atoms with van der Waals surface area (Å²) in [6.45, 7) is 8.77. The van der Waals surface area contributed by atoms with Crippen molar-refractivity contribution in [2.75, 3.05) is 19.5 Å². The highest BCUT2D eigenvalue weighted by Crippen LogP contribution is 2.74. The van der Waals surface area contributed by atoms with Crippen molar-refractivity contribution in [1.29, 1.82) is 0 Å². The first-order valence-electron chi connectivity index (χ1n) is 8.88. The van der Waals surface area contributed by atoms with Gasteiger partial charge in [-0.15, -0.1) is 0 Å². The first kappa shape index (κ1) is 16.6. The van der Waals surface area contributed by atoms with E-state index in [9.17, 15) is 0 Å². The van der Waals surface area contributed by atoms with Crippen LogP contribution in [-0.4, -0.2) is 35.7 Å². The molecule has 23 heavy (non-hydrogen) atoms. The van der Waals surface area contributed by atoms with Gasteiger partial charge >= 0.3 is 0 Å². The van der Waals surface area contributed by atoms with Gasteiger partial charge in [0.15, 0.2) is 5.79 Å². The van der Waals surface area contributed by atoms with Gasteiger partial charge in [0.1, 0.15) is 6.10 Å². The van der Waals surface area contributed by atoms with E-state index in [2.05, 4.69) is 20.8 Å². The zero-order chi connectivity index (χ0) is 16.5. The standard InChI is InChI=1S/C18H28O3S2/c1-11-12(21-15(22)23-4)9-13-16(2,3)14-10-17(11,13)5-6-18(14)19-7-8-20-18/h11-14H,5-10H2,1-4H3/t11-,12-,13+,14-,17+/m1/s1. The van der Waals surface area contributed by atoms with Crippen LogP contribution in [0.25, 0.3) is 0 Å². The maximum atomic E-state index is 6.18. The van der Waals surface area contributed by atoms with E-state index < -0.39 is 0 Å². The Hall–Kier alpha value is 0.160. The van der Waals surface area contributed by atoms with Crippen LogP contribution >= 0.6 is 24.0 Å². The molecule has 1 heterocycles. The molecule has 0 unspecified atom stereocenters. The van der Waals surface area contributed by atoms with Gasteiger partial charge in [0, 0.05) is 12.3 Å². The van der Waals surface area contributed by atoms with Crippen molar-refractivity contribution >= 4 is 28.4 Å². The van der Waals surface area contributed by atoms with E-state index in [1.807, 2.05) is 6.26 Å². The molecule has 4 aliphatic rings. The molecule has 1 aliphatic heterocycles. The van der Waals surface area contributed by atoms with Gasteiger partial charge in [-0.3, -0.25) is 0 Å². The molecule has 2 spiro atoms. The summed E-state index contributed by atoms with van der Waals surface area (Å²) in [6.07, 6.45) is 6.87. The van der Waals surface area contributed by atoms with Crippen molar-refractivity contribution in [3.8, 4) is 0 Å². The summed E-state index contributed by atoms with van der Waals surface area (Å²) in [6, 6.07) is 0. The summed E-state index contributed by atoms with van der Waals surface area (Å²) in [4.78, 5) is 0. The molecule has 4 rings (SSSR count). The van der Waals surface area contributed by atoms with Gasteiger partial charge in [-0.1, -0.05) is 32.5 Å². The topological polar surface area (TPSA) is 27.7 Å². The Balaban J connectivity index is 1.64. The monoisotopic (exact) mass is 356 g/mol. The average Bonchev–Trinajstić information content (AvgIpc) is 3.13. The third kappa shape index (κ3) is 2.12. The lowest BCUT2D eigenvalue weighted by atomic mass is 9.66. The van der Waals surface area contributed by atoms with Gasteiger partial charge in [0.25, 0.3) is 0 Å². The largest absolute Gasteiger partial charge is 0.475 e. The molecule has 0 radical (unpaired) electrons. The molecule has 0 aromatic carbocycles. The zero-order valence-electron chi connectivity index (χ0n) is 14.6. The Morgan fingerprint density at radius 2 is 1.87 bits per heavy atom. The molecule has 0 aromatic heterocycles. The summed E-state index contributed by atoms with van der Waals surface area (Å²) < 4.78 is 19.2. The number of hydrogen-bond acceptors (Lipinski definition) is 5. The fourth-order valence-corrected chi connectivity index (χ4v) is 6.91. The van der Waals surface area contributed by atoms with Gasteiger partial charge in [0.2, 0.25) is 4.38 Å². The Morgan fingerprint density at radius 1 is 1.17 bits per heavy atom. The predicted octanol–water partition coefficient (Wildman–Crippen LogP) is 4.24. The number of ether oxygens (including phenoxy) is 3. The first-order valence-corrected chi connectivity index (χ1v) is 10.5. The van der Waals surface area contributed by atoms with Crippen LogP contribution in [0.5, 0.6) is 0 Å². The molecule has 3 saturated carbocycles. The summed E-state index contributed by atoms with van der Waals surface area (Å²) in [7, 11) is 0. The summed E-state index contributed by atoms with van der Waals surface area (Å²) in [5.74, 6) is 1.44. The van der Waals surface area contributed by atoms with Gasteiger partial charge in [-0.05, 0) is 60.4 Å². The minimum atomic E-state index is -0.302. The lowest BCUT2D eigenvalue weighted by molar-refractivity contribution is -0.232. The molecule has 0 aromatic rings. The van der Waals surface area contributed by atoms with Crippen molar-refractivity contribution in [2.45, 2.75) is 58.3 Å². The summed E-state index contributed by atoms with van der Waals surface area (Å²) in [5.41, 5.74) is 0.613. The van der Waals surface area contributed by atoms with Gasteiger partial charge < -0.3 is 14.2 Å². The Kier molecular flexibility index (Phi) is 3.85. The number of hydrogen-bond donors (Lipinski definition) is 0. The molecule has 2 bridgehead atoms. The van der Waals surface area contributed by atoms with Gasteiger partial charge in [0.05, 0.1) is 13.2 Å². The van der Waals surface area contributed by atoms with Crippen LogP contribution in [0.1, 0.15) is 46.5 Å². The Labute approximate surface area is 149 Å². The molecular weight excluding hydrogens is 328 g/mol. The highest BCUT2D eigenvalue weighted by molar-refractivity contribution is 8.22. The number of thioether (sulfide) groups is 1. The van der Waals surface area contributed by atoms with E-state index in [4.69, 9.17) is 26.4 Å². The first-order chi connectivity index (χ1) is 10.9. The second-order valence-corrected chi connectivity index (χ2v) is 9.92. The maximum Gasteiger partial charge on any atom is 0.219 e. The lowest BCUT2D eigenvalue weighted by Crippen LogP contribution is -2.48. The smallest absolute Gasteiger partial charge is 0.219 e. The molecule has 0 N–H and O–H groups in total. The van der Waals surface area contributed by atoms with Crippen LogP contribution in [0, 0.1) is 28.6 Å². The van der Waals surface area contributed by atoms with Crippen LogP contribution in [0.15, 0.2) is 0 Å². The van der Waals surface area contributed by atoms with Gasteiger partial charge in [-0.2, -0.15) is 0 Å². The molecule has 130 valence electrons. The quantitative estimate of drug-likeness (QED) is 0.655. The second kappa shape index (κ2) is 5.33. The van der Waals surface area contributed by atoms with Crippen molar-refractivity contribution < 1.29 is 14.2 Å². The van der Waals surface area contributed by atoms with Crippen molar-refractivity contribution in [1.82, 2.24) is 0 Å². The second-order valence-electron chi connectivity index (χ2n) is 8.51.